The summed E-state index contributed by atoms with van der Waals surface area (Å²) in [6.45, 7) is 11.0. The van der Waals surface area contributed by atoms with E-state index in [9.17, 15) is 0 Å². The van der Waals surface area contributed by atoms with Crippen LogP contribution in [0.3, 0.4) is 0 Å². The third kappa shape index (κ3) is 5.57. The van der Waals surface area contributed by atoms with Crippen LogP contribution in [0.2, 0.25) is 0 Å². The third-order valence-electron chi connectivity index (χ3n) is 6.60. The van der Waals surface area contributed by atoms with Crippen molar-refractivity contribution in [2.24, 2.45) is 0 Å². The van der Waals surface area contributed by atoms with Crippen LogP contribution in [0.5, 0.6) is 11.5 Å². The number of nitrogens with one attached hydrogen (secondary N) is 1. The monoisotopic (exact) mass is 427 g/mol. The Labute approximate surface area is 186 Å². The maximum Gasteiger partial charge on any atom is 0.163 e. The molecule has 0 spiro atoms. The quantitative estimate of drug-likeness (QED) is 0.611. The van der Waals surface area contributed by atoms with Gasteiger partial charge in [-0.25, -0.2) is 9.97 Å². The van der Waals surface area contributed by atoms with Gasteiger partial charge in [-0.3, -0.25) is 0 Å². The van der Waals surface area contributed by atoms with E-state index >= 15 is 0 Å². The predicted octanol–water partition coefficient (Wildman–Crippen LogP) is 3.79. The summed E-state index contributed by atoms with van der Waals surface area (Å²) in [5.41, 5.74) is 0.882. The smallest absolute Gasteiger partial charge is 0.163 e. The lowest BCUT2D eigenvalue weighted by atomic mass is 10.0. The van der Waals surface area contributed by atoms with Crippen molar-refractivity contribution in [2.45, 2.75) is 58.0 Å². The van der Waals surface area contributed by atoms with Crippen LogP contribution in [0.15, 0.2) is 18.5 Å². The first-order valence-electron chi connectivity index (χ1n) is 11.8. The normalized spacial score (nSPS) is 18.7. The maximum absolute atomic E-state index is 6.08. The lowest BCUT2D eigenvalue weighted by Crippen LogP contribution is -2.42. The summed E-state index contributed by atoms with van der Waals surface area (Å²) >= 11 is 0. The molecule has 2 aliphatic heterocycles. The topological polar surface area (TPSA) is 62.8 Å². The number of likely N-dealkylation sites (tertiary alicyclic amines) is 2. The summed E-state index contributed by atoms with van der Waals surface area (Å²) in [5, 5.41) is 4.64. The number of benzene rings is 1. The molecule has 2 fully saturated rings. The Bertz CT molecular complexity index is 845. The second-order valence-corrected chi connectivity index (χ2v) is 9.04. The molecule has 2 saturated heterocycles. The molecule has 0 amide bonds. The third-order valence-corrected chi connectivity index (χ3v) is 6.60. The Morgan fingerprint density at radius 3 is 2.55 bits per heavy atom. The Balaban J connectivity index is 1.41. The fraction of sp³-hybridized carbons (Fsp3) is 0.667. The fourth-order valence-corrected chi connectivity index (χ4v) is 4.68. The van der Waals surface area contributed by atoms with Crippen molar-refractivity contribution in [1.82, 2.24) is 19.8 Å². The average Bonchev–Trinajstić information content (AvgIpc) is 3.30. The van der Waals surface area contributed by atoms with Crippen LogP contribution in [0, 0.1) is 0 Å². The molecule has 0 radical (unpaired) electrons. The highest BCUT2D eigenvalue weighted by atomic mass is 16.5. The van der Waals surface area contributed by atoms with E-state index in [0.717, 1.165) is 67.1 Å². The molecule has 1 N–H and O–H groups in total. The number of rotatable bonds is 9. The Kier molecular flexibility index (Phi) is 7.45. The Morgan fingerprint density at radius 1 is 1.06 bits per heavy atom. The number of methoxy groups -OCH3 is 1. The van der Waals surface area contributed by atoms with Gasteiger partial charge in [-0.15, -0.1) is 0 Å². The van der Waals surface area contributed by atoms with Gasteiger partial charge in [-0.05, 0) is 65.1 Å². The van der Waals surface area contributed by atoms with Gasteiger partial charge in [0.1, 0.15) is 12.1 Å². The van der Waals surface area contributed by atoms with Gasteiger partial charge in [0.2, 0.25) is 0 Å². The van der Waals surface area contributed by atoms with Crippen LogP contribution in [-0.4, -0.2) is 78.3 Å². The summed E-state index contributed by atoms with van der Waals surface area (Å²) < 4.78 is 11.7. The minimum absolute atomic E-state index is 0.431. The van der Waals surface area contributed by atoms with Gasteiger partial charge >= 0.3 is 0 Å². The molecule has 3 heterocycles. The minimum Gasteiger partial charge on any atom is -0.493 e. The zero-order valence-electron chi connectivity index (χ0n) is 19.3. The van der Waals surface area contributed by atoms with Crippen molar-refractivity contribution in [3.63, 3.8) is 0 Å². The number of hydrogen-bond donors (Lipinski definition) is 1. The second kappa shape index (κ2) is 10.5. The van der Waals surface area contributed by atoms with E-state index in [0.29, 0.717) is 18.7 Å². The van der Waals surface area contributed by atoms with Crippen LogP contribution in [0.1, 0.15) is 46.0 Å². The molecule has 7 heteroatoms. The van der Waals surface area contributed by atoms with Gasteiger partial charge in [0.15, 0.2) is 11.5 Å². The number of piperidine rings is 1. The van der Waals surface area contributed by atoms with E-state index in [2.05, 4.69) is 38.9 Å². The number of fused-ring (bicyclic) bond motifs is 1. The van der Waals surface area contributed by atoms with Crippen molar-refractivity contribution >= 4 is 16.7 Å². The first-order chi connectivity index (χ1) is 15.1. The summed E-state index contributed by atoms with van der Waals surface area (Å²) in [5.74, 6) is 2.37. The summed E-state index contributed by atoms with van der Waals surface area (Å²) in [6, 6.07) is 5.04. The molecule has 2 aliphatic rings. The standard InChI is InChI=1S/C24H37N5O2/c1-18(2)29-12-7-19(8-13-29)27-24-20-15-22(30-3)23(16-21(20)25-17-26-24)31-14-6-11-28-9-4-5-10-28/h15-19H,4-14H2,1-3H3,(H,25,26,27). The number of anilines is 1. The van der Waals surface area contributed by atoms with E-state index in [1.807, 2.05) is 12.1 Å². The Hall–Kier alpha value is -2.12. The van der Waals surface area contributed by atoms with Gasteiger partial charge in [0.25, 0.3) is 0 Å². The predicted molar refractivity (Wildman–Crippen MR) is 125 cm³/mol. The summed E-state index contributed by atoms with van der Waals surface area (Å²) in [6.07, 6.45) is 7.56. The van der Waals surface area contributed by atoms with Crippen molar-refractivity contribution in [3.05, 3.63) is 18.5 Å². The molecule has 0 saturated carbocycles. The lowest BCUT2D eigenvalue weighted by molar-refractivity contribution is 0.177. The van der Waals surface area contributed by atoms with E-state index in [-0.39, 0.29) is 0 Å². The van der Waals surface area contributed by atoms with E-state index in [1.54, 1.807) is 13.4 Å². The second-order valence-electron chi connectivity index (χ2n) is 9.04. The molecule has 31 heavy (non-hydrogen) atoms. The summed E-state index contributed by atoms with van der Waals surface area (Å²) in [4.78, 5) is 14.1. The molecule has 0 unspecified atom stereocenters. The van der Waals surface area contributed by atoms with Gasteiger partial charge in [-0.2, -0.15) is 0 Å². The largest absolute Gasteiger partial charge is 0.493 e. The van der Waals surface area contributed by atoms with E-state index in [4.69, 9.17) is 9.47 Å². The molecular formula is C24H37N5O2. The van der Waals surface area contributed by atoms with Gasteiger partial charge < -0.3 is 24.6 Å². The van der Waals surface area contributed by atoms with Crippen LogP contribution >= 0.6 is 0 Å². The van der Waals surface area contributed by atoms with Crippen LogP contribution in [0.25, 0.3) is 10.9 Å². The SMILES string of the molecule is COc1cc2c(NC3CCN(C(C)C)CC3)ncnc2cc1OCCCN1CCCC1. The molecule has 0 atom stereocenters. The molecule has 7 nitrogen and oxygen atoms in total. The lowest BCUT2D eigenvalue weighted by Gasteiger charge is -2.35. The van der Waals surface area contributed by atoms with E-state index < -0.39 is 0 Å². The molecule has 0 aliphatic carbocycles. The highest BCUT2D eigenvalue weighted by Crippen LogP contribution is 2.34. The van der Waals surface area contributed by atoms with Crippen LogP contribution < -0.4 is 14.8 Å². The van der Waals surface area contributed by atoms with Crippen LogP contribution in [0.4, 0.5) is 5.82 Å². The van der Waals surface area contributed by atoms with Crippen molar-refractivity contribution in [2.75, 3.05) is 51.8 Å². The van der Waals surface area contributed by atoms with Crippen molar-refractivity contribution in [3.8, 4) is 11.5 Å². The van der Waals surface area contributed by atoms with Gasteiger partial charge in [0.05, 0.1) is 19.2 Å². The van der Waals surface area contributed by atoms with Gasteiger partial charge in [-0.1, -0.05) is 0 Å². The number of hydrogen-bond acceptors (Lipinski definition) is 7. The molecular weight excluding hydrogens is 390 g/mol. The molecule has 1 aromatic heterocycles. The average molecular weight is 428 g/mol. The highest BCUT2D eigenvalue weighted by Gasteiger charge is 2.22. The van der Waals surface area contributed by atoms with Crippen LogP contribution in [-0.2, 0) is 0 Å². The molecule has 4 rings (SSSR count). The molecule has 0 bridgehead atoms. The molecule has 2 aromatic rings. The molecule has 170 valence electrons. The zero-order valence-corrected chi connectivity index (χ0v) is 19.3. The number of aromatic nitrogens is 2. The van der Waals surface area contributed by atoms with Crippen molar-refractivity contribution in [1.29, 1.82) is 0 Å². The summed E-state index contributed by atoms with van der Waals surface area (Å²) in [7, 11) is 1.69. The van der Waals surface area contributed by atoms with Gasteiger partial charge in [0, 0.05) is 43.2 Å². The van der Waals surface area contributed by atoms with E-state index in [1.165, 1.54) is 25.9 Å². The number of nitrogens with zero attached hydrogens (tertiary/aromatic N) is 4. The first kappa shape index (κ1) is 22.1. The van der Waals surface area contributed by atoms with Crippen molar-refractivity contribution < 1.29 is 9.47 Å². The zero-order chi connectivity index (χ0) is 21.6. The highest BCUT2D eigenvalue weighted by molar-refractivity contribution is 5.91. The maximum atomic E-state index is 6.08. The fourth-order valence-electron chi connectivity index (χ4n) is 4.68. The first-order valence-corrected chi connectivity index (χ1v) is 11.8. The molecule has 1 aromatic carbocycles. The Morgan fingerprint density at radius 2 is 1.84 bits per heavy atom. The minimum atomic E-state index is 0.431. The number of ether oxygens (including phenoxy) is 2.